The summed E-state index contributed by atoms with van der Waals surface area (Å²) in [5, 5.41) is 24.6. The van der Waals surface area contributed by atoms with Gasteiger partial charge in [-0.1, -0.05) is 0 Å². The molecule has 2 aromatic rings. The molecule has 1 aliphatic carbocycles. The van der Waals surface area contributed by atoms with Crippen molar-refractivity contribution in [2.24, 2.45) is 12.0 Å². The van der Waals surface area contributed by atoms with Crippen LogP contribution in [0.15, 0.2) is 40.5 Å². The first-order valence-corrected chi connectivity index (χ1v) is 9.79. The van der Waals surface area contributed by atoms with Crippen molar-refractivity contribution in [3.05, 3.63) is 41.7 Å². The Morgan fingerprint density at radius 3 is 2.79 bits per heavy atom. The zero-order chi connectivity index (χ0) is 20.5. The third-order valence-corrected chi connectivity index (χ3v) is 6.01. The van der Waals surface area contributed by atoms with Gasteiger partial charge in [0.15, 0.2) is 6.29 Å². The topological polar surface area (TPSA) is 103 Å². The van der Waals surface area contributed by atoms with Crippen LogP contribution in [0, 0.1) is 0 Å². The zero-order valence-corrected chi connectivity index (χ0v) is 17.3. The van der Waals surface area contributed by atoms with E-state index in [1.54, 1.807) is 19.2 Å². The van der Waals surface area contributed by atoms with Gasteiger partial charge in [0, 0.05) is 36.3 Å². The SMILES string of the molecule is CN(C(Cl)=Nc1ccc(SNC2(C)CC2)cc1C=O)C(O)(O)c1cnn(C)c1. The second kappa shape index (κ2) is 7.84. The molecule has 150 valence electrons. The van der Waals surface area contributed by atoms with E-state index < -0.39 is 5.91 Å². The van der Waals surface area contributed by atoms with Gasteiger partial charge in [-0.05, 0) is 61.5 Å². The average molecular weight is 424 g/mol. The number of carbonyl (C=O) groups excluding carboxylic acids is 1. The Labute approximate surface area is 172 Å². The fraction of sp³-hybridized carbons (Fsp3) is 0.389. The van der Waals surface area contributed by atoms with Crippen LogP contribution in [-0.2, 0) is 13.0 Å². The first-order valence-electron chi connectivity index (χ1n) is 8.60. The summed E-state index contributed by atoms with van der Waals surface area (Å²) in [5.74, 6) is -2.41. The molecule has 28 heavy (non-hydrogen) atoms. The highest BCUT2D eigenvalue weighted by Crippen LogP contribution is 2.38. The monoisotopic (exact) mass is 423 g/mol. The Morgan fingerprint density at radius 2 is 2.21 bits per heavy atom. The Morgan fingerprint density at radius 1 is 1.50 bits per heavy atom. The van der Waals surface area contributed by atoms with Gasteiger partial charge in [-0.15, -0.1) is 0 Å². The van der Waals surface area contributed by atoms with E-state index >= 15 is 0 Å². The predicted octanol–water partition coefficient (Wildman–Crippen LogP) is 2.33. The second-order valence-electron chi connectivity index (χ2n) is 7.08. The first kappa shape index (κ1) is 20.8. The van der Waals surface area contributed by atoms with Gasteiger partial charge in [-0.2, -0.15) is 5.10 Å². The van der Waals surface area contributed by atoms with E-state index in [2.05, 4.69) is 21.7 Å². The van der Waals surface area contributed by atoms with Crippen molar-refractivity contribution >= 4 is 40.8 Å². The number of halogens is 1. The molecular weight excluding hydrogens is 402 g/mol. The van der Waals surface area contributed by atoms with Gasteiger partial charge < -0.3 is 10.2 Å². The van der Waals surface area contributed by atoms with Crippen LogP contribution in [0.25, 0.3) is 0 Å². The lowest BCUT2D eigenvalue weighted by molar-refractivity contribution is -0.242. The van der Waals surface area contributed by atoms with Crippen LogP contribution in [0.1, 0.15) is 35.7 Å². The maximum absolute atomic E-state index is 11.5. The van der Waals surface area contributed by atoms with Crippen LogP contribution >= 0.6 is 23.5 Å². The first-order chi connectivity index (χ1) is 13.1. The molecule has 3 N–H and O–H groups in total. The third kappa shape index (κ3) is 4.56. The van der Waals surface area contributed by atoms with E-state index in [1.165, 1.54) is 36.1 Å². The number of nitrogens with zero attached hydrogens (tertiary/aromatic N) is 4. The Bertz CT molecular complexity index is 910. The number of amidine groups is 1. The van der Waals surface area contributed by atoms with E-state index in [9.17, 15) is 15.0 Å². The maximum Gasteiger partial charge on any atom is 0.279 e. The van der Waals surface area contributed by atoms with E-state index in [4.69, 9.17) is 11.6 Å². The molecule has 0 aliphatic heterocycles. The normalized spacial score (nSPS) is 16.1. The molecule has 1 heterocycles. The number of hydrogen-bond acceptors (Lipinski definition) is 7. The molecule has 3 rings (SSSR count). The van der Waals surface area contributed by atoms with Crippen LogP contribution in [0.3, 0.4) is 0 Å². The lowest BCUT2D eigenvalue weighted by Crippen LogP contribution is -2.45. The fourth-order valence-electron chi connectivity index (χ4n) is 2.36. The van der Waals surface area contributed by atoms with Gasteiger partial charge in [0.25, 0.3) is 5.91 Å². The average Bonchev–Trinajstić information content (AvgIpc) is 3.23. The van der Waals surface area contributed by atoms with Crippen LogP contribution in [0.4, 0.5) is 5.69 Å². The van der Waals surface area contributed by atoms with E-state index in [0.29, 0.717) is 17.5 Å². The van der Waals surface area contributed by atoms with Crippen LogP contribution in [0.5, 0.6) is 0 Å². The minimum atomic E-state index is -2.41. The fourth-order valence-corrected chi connectivity index (χ4v) is 3.45. The highest BCUT2D eigenvalue weighted by atomic mass is 35.5. The summed E-state index contributed by atoms with van der Waals surface area (Å²) in [4.78, 5) is 17.6. The van der Waals surface area contributed by atoms with Crippen molar-refractivity contribution in [3.8, 4) is 0 Å². The minimum Gasteiger partial charge on any atom is -0.345 e. The van der Waals surface area contributed by atoms with Gasteiger partial charge in [0.1, 0.15) is 0 Å². The van der Waals surface area contributed by atoms with Crippen molar-refractivity contribution in [2.45, 2.75) is 36.1 Å². The van der Waals surface area contributed by atoms with Gasteiger partial charge in [0.05, 0.1) is 17.4 Å². The van der Waals surface area contributed by atoms with Crippen LogP contribution in [0.2, 0.25) is 0 Å². The molecule has 0 bridgehead atoms. The number of aliphatic imine (C=N–C) groups is 1. The minimum absolute atomic E-state index is 0.132. The second-order valence-corrected chi connectivity index (χ2v) is 8.30. The van der Waals surface area contributed by atoms with E-state index in [1.807, 2.05) is 6.07 Å². The highest BCUT2D eigenvalue weighted by Gasteiger charge is 2.37. The van der Waals surface area contributed by atoms with Crippen molar-refractivity contribution in [2.75, 3.05) is 7.05 Å². The molecule has 0 unspecified atom stereocenters. The smallest absolute Gasteiger partial charge is 0.279 e. The van der Waals surface area contributed by atoms with Gasteiger partial charge in [-0.3, -0.25) is 19.1 Å². The molecule has 0 radical (unpaired) electrons. The quantitative estimate of drug-likeness (QED) is 0.157. The molecule has 1 saturated carbocycles. The number of carbonyl (C=O) groups is 1. The van der Waals surface area contributed by atoms with Crippen molar-refractivity contribution < 1.29 is 15.0 Å². The summed E-state index contributed by atoms with van der Waals surface area (Å²) >= 11 is 7.67. The van der Waals surface area contributed by atoms with Crippen molar-refractivity contribution in [1.29, 1.82) is 0 Å². The molecular formula is C18H22ClN5O3S. The number of rotatable bonds is 7. The number of hydrogen-bond donors (Lipinski definition) is 3. The molecule has 0 atom stereocenters. The summed E-state index contributed by atoms with van der Waals surface area (Å²) in [7, 11) is 3.04. The molecule has 1 aliphatic rings. The Kier molecular flexibility index (Phi) is 5.83. The number of aromatic nitrogens is 2. The number of aldehydes is 1. The summed E-state index contributed by atoms with van der Waals surface area (Å²) in [6.07, 6.45) is 5.73. The summed E-state index contributed by atoms with van der Waals surface area (Å²) in [6.45, 7) is 2.15. The molecule has 0 spiro atoms. The van der Waals surface area contributed by atoms with Gasteiger partial charge in [0.2, 0.25) is 5.29 Å². The number of nitrogens with one attached hydrogen (secondary N) is 1. The Hall–Kier alpha value is -1.91. The zero-order valence-electron chi connectivity index (χ0n) is 15.8. The molecule has 1 aromatic carbocycles. The molecule has 10 heteroatoms. The lowest BCUT2D eigenvalue weighted by Gasteiger charge is -2.31. The summed E-state index contributed by atoms with van der Waals surface area (Å²) < 4.78 is 4.81. The molecule has 1 aromatic heterocycles. The highest BCUT2D eigenvalue weighted by molar-refractivity contribution is 7.97. The number of benzene rings is 1. The van der Waals surface area contributed by atoms with Gasteiger partial charge in [-0.25, -0.2) is 4.99 Å². The van der Waals surface area contributed by atoms with Gasteiger partial charge >= 0.3 is 0 Å². The number of aryl methyl sites for hydroxylation is 1. The van der Waals surface area contributed by atoms with E-state index in [0.717, 1.165) is 22.6 Å². The van der Waals surface area contributed by atoms with Crippen LogP contribution in [-0.4, -0.2) is 49.1 Å². The standard InChI is InChI=1S/C18H22ClN5O3S/c1-17(6-7-17)22-28-14-4-5-15(12(8-14)11-25)21-16(19)24(3)18(26,27)13-9-20-23(2)10-13/h4-5,8-11,22,26-27H,6-7H2,1-3H3. The number of aliphatic hydroxyl groups is 2. The van der Waals surface area contributed by atoms with E-state index in [-0.39, 0.29) is 16.4 Å². The third-order valence-electron chi connectivity index (χ3n) is 4.59. The Balaban J connectivity index is 1.79. The summed E-state index contributed by atoms with van der Waals surface area (Å²) in [5.41, 5.74) is 0.970. The molecule has 8 nitrogen and oxygen atoms in total. The lowest BCUT2D eigenvalue weighted by atomic mass is 10.2. The molecule has 1 fully saturated rings. The van der Waals surface area contributed by atoms with Crippen molar-refractivity contribution in [3.63, 3.8) is 0 Å². The summed E-state index contributed by atoms with van der Waals surface area (Å²) in [6, 6.07) is 5.21. The van der Waals surface area contributed by atoms with Crippen molar-refractivity contribution in [1.82, 2.24) is 19.4 Å². The predicted molar refractivity (Wildman–Crippen MR) is 108 cm³/mol. The molecule has 0 amide bonds. The maximum atomic E-state index is 11.5. The van der Waals surface area contributed by atoms with Crippen LogP contribution < -0.4 is 4.72 Å². The largest absolute Gasteiger partial charge is 0.345 e. The molecule has 0 saturated heterocycles.